The van der Waals surface area contributed by atoms with Crippen molar-refractivity contribution in [3.63, 3.8) is 0 Å². The van der Waals surface area contributed by atoms with Crippen molar-refractivity contribution in [2.75, 3.05) is 11.9 Å². The van der Waals surface area contributed by atoms with Crippen LogP contribution < -0.4 is 5.32 Å². The highest BCUT2D eigenvalue weighted by atomic mass is 16.5. The second-order valence-electron chi connectivity index (χ2n) is 5.83. The Morgan fingerprint density at radius 3 is 2.62 bits per heavy atom. The maximum Gasteiger partial charge on any atom is 0.306 e. The fourth-order valence-corrected chi connectivity index (χ4v) is 2.36. The summed E-state index contributed by atoms with van der Waals surface area (Å²) in [4.78, 5) is 23.7. The van der Waals surface area contributed by atoms with Gasteiger partial charge in [0.15, 0.2) is 6.61 Å². The Hall–Kier alpha value is -2.63. The van der Waals surface area contributed by atoms with Gasteiger partial charge in [0.05, 0.1) is 5.69 Å². The third kappa shape index (κ3) is 4.68. The molecule has 0 atom stereocenters. The molecule has 128 valence electrons. The summed E-state index contributed by atoms with van der Waals surface area (Å²) in [6.07, 6.45) is 0.665. The molecule has 0 saturated carbocycles. The van der Waals surface area contributed by atoms with Crippen molar-refractivity contribution in [1.29, 1.82) is 0 Å². The van der Waals surface area contributed by atoms with E-state index in [9.17, 15) is 9.59 Å². The summed E-state index contributed by atoms with van der Waals surface area (Å²) in [5, 5.41) is 6.59. The van der Waals surface area contributed by atoms with Crippen LogP contribution in [0.3, 0.4) is 0 Å². The Kier molecular flexibility index (Phi) is 5.73. The van der Waals surface area contributed by atoms with Crippen molar-refractivity contribution in [3.8, 4) is 0 Å². The largest absolute Gasteiger partial charge is 0.456 e. The number of hydrogen-bond acceptors (Lipinski definition) is 5. The second kappa shape index (κ2) is 7.77. The highest BCUT2D eigenvalue weighted by Gasteiger charge is 2.13. The number of ether oxygens (including phenoxy) is 1. The Morgan fingerprint density at radius 1 is 1.21 bits per heavy atom. The highest BCUT2D eigenvalue weighted by molar-refractivity contribution is 5.93. The number of rotatable bonds is 6. The number of hydrogen-bond donors (Lipinski definition) is 1. The van der Waals surface area contributed by atoms with E-state index in [2.05, 4.69) is 10.5 Å². The van der Waals surface area contributed by atoms with Crippen molar-refractivity contribution in [3.05, 3.63) is 46.3 Å². The van der Waals surface area contributed by atoms with Crippen LogP contribution in [-0.2, 0) is 20.7 Å². The van der Waals surface area contributed by atoms with Gasteiger partial charge in [0, 0.05) is 17.7 Å². The molecule has 2 rings (SSSR count). The van der Waals surface area contributed by atoms with Gasteiger partial charge in [0.2, 0.25) is 0 Å². The first-order valence-electron chi connectivity index (χ1n) is 7.81. The van der Waals surface area contributed by atoms with E-state index in [1.165, 1.54) is 0 Å². The lowest BCUT2D eigenvalue weighted by Gasteiger charge is -2.10. The number of benzene rings is 1. The van der Waals surface area contributed by atoms with Gasteiger partial charge in [0.25, 0.3) is 5.91 Å². The fourth-order valence-electron chi connectivity index (χ4n) is 2.36. The summed E-state index contributed by atoms with van der Waals surface area (Å²) in [5.41, 5.74) is 4.41. The van der Waals surface area contributed by atoms with Gasteiger partial charge in [-0.1, -0.05) is 17.3 Å². The first-order valence-corrected chi connectivity index (χ1v) is 7.81. The Balaban J connectivity index is 1.79. The van der Waals surface area contributed by atoms with Crippen LogP contribution in [0.4, 0.5) is 5.69 Å². The average molecular weight is 330 g/mol. The first-order chi connectivity index (χ1) is 11.4. The van der Waals surface area contributed by atoms with Crippen LogP contribution >= 0.6 is 0 Å². The van der Waals surface area contributed by atoms with Crippen molar-refractivity contribution < 1.29 is 18.8 Å². The van der Waals surface area contributed by atoms with Crippen LogP contribution in [0, 0.1) is 27.7 Å². The van der Waals surface area contributed by atoms with Crippen LogP contribution in [0.5, 0.6) is 0 Å². The van der Waals surface area contributed by atoms with E-state index in [0.717, 1.165) is 28.1 Å². The van der Waals surface area contributed by atoms with Crippen molar-refractivity contribution in [2.45, 2.75) is 40.5 Å². The number of amides is 1. The molecule has 0 aliphatic carbocycles. The van der Waals surface area contributed by atoms with E-state index in [4.69, 9.17) is 9.26 Å². The molecule has 1 N–H and O–H groups in total. The van der Waals surface area contributed by atoms with Crippen LogP contribution in [0.2, 0.25) is 0 Å². The standard InChI is InChI=1S/C18H22N2O4/c1-11-5-6-12(2)16(9-11)19-17(21)10-23-18(22)8-7-15-13(3)20-24-14(15)4/h5-6,9H,7-8,10H2,1-4H3,(H,19,21). The van der Waals surface area contributed by atoms with Gasteiger partial charge in [-0.05, 0) is 51.3 Å². The molecule has 2 aromatic rings. The zero-order valence-electron chi connectivity index (χ0n) is 14.4. The van der Waals surface area contributed by atoms with Gasteiger partial charge in [-0.3, -0.25) is 9.59 Å². The summed E-state index contributed by atoms with van der Waals surface area (Å²) >= 11 is 0. The molecule has 24 heavy (non-hydrogen) atoms. The quantitative estimate of drug-likeness (QED) is 0.823. The molecule has 0 bridgehead atoms. The normalized spacial score (nSPS) is 10.5. The highest BCUT2D eigenvalue weighted by Crippen LogP contribution is 2.16. The lowest BCUT2D eigenvalue weighted by molar-refractivity contribution is -0.147. The van der Waals surface area contributed by atoms with Crippen LogP contribution in [-0.4, -0.2) is 23.6 Å². The van der Waals surface area contributed by atoms with E-state index >= 15 is 0 Å². The first kappa shape index (κ1) is 17.7. The van der Waals surface area contributed by atoms with Gasteiger partial charge < -0.3 is 14.6 Å². The number of aromatic nitrogens is 1. The smallest absolute Gasteiger partial charge is 0.306 e. The van der Waals surface area contributed by atoms with Gasteiger partial charge in [-0.25, -0.2) is 0 Å². The van der Waals surface area contributed by atoms with Crippen molar-refractivity contribution >= 4 is 17.6 Å². The topological polar surface area (TPSA) is 81.4 Å². The third-order valence-electron chi connectivity index (χ3n) is 3.79. The summed E-state index contributed by atoms with van der Waals surface area (Å²) in [5.74, 6) is -0.0755. The molecule has 0 aliphatic heterocycles. The molecule has 1 heterocycles. The third-order valence-corrected chi connectivity index (χ3v) is 3.79. The van der Waals surface area contributed by atoms with Gasteiger partial charge in [-0.15, -0.1) is 0 Å². The molecule has 0 aliphatic rings. The van der Waals surface area contributed by atoms with Crippen LogP contribution in [0.1, 0.15) is 34.6 Å². The minimum absolute atomic E-state index is 0.180. The van der Waals surface area contributed by atoms with Gasteiger partial charge >= 0.3 is 5.97 Å². The summed E-state index contributed by atoms with van der Waals surface area (Å²) in [7, 11) is 0. The van der Waals surface area contributed by atoms with E-state index in [0.29, 0.717) is 12.2 Å². The number of carbonyl (C=O) groups is 2. The molecule has 0 unspecified atom stereocenters. The minimum atomic E-state index is -0.425. The number of aryl methyl sites for hydroxylation is 4. The zero-order valence-corrected chi connectivity index (χ0v) is 14.4. The number of esters is 1. The van der Waals surface area contributed by atoms with Crippen LogP contribution in [0.15, 0.2) is 22.7 Å². The predicted octanol–water partition coefficient (Wildman–Crippen LogP) is 3.02. The maximum absolute atomic E-state index is 11.9. The number of carbonyl (C=O) groups excluding carboxylic acids is 2. The molecule has 0 spiro atoms. The van der Waals surface area contributed by atoms with Crippen molar-refractivity contribution in [2.24, 2.45) is 0 Å². The molecular formula is C18H22N2O4. The summed E-state index contributed by atoms with van der Waals surface area (Å²) in [6.45, 7) is 7.19. The Bertz CT molecular complexity index is 730. The van der Waals surface area contributed by atoms with Gasteiger partial charge in [0.1, 0.15) is 5.76 Å². The minimum Gasteiger partial charge on any atom is -0.456 e. The molecule has 1 aromatic heterocycles. The number of nitrogens with one attached hydrogen (secondary N) is 1. The Labute approximate surface area is 141 Å². The number of nitrogens with zero attached hydrogens (tertiary/aromatic N) is 1. The van der Waals surface area contributed by atoms with E-state index in [-0.39, 0.29) is 18.9 Å². The molecule has 1 aromatic carbocycles. The van der Waals surface area contributed by atoms with E-state index in [1.807, 2.05) is 39.0 Å². The maximum atomic E-state index is 11.9. The molecule has 6 heteroatoms. The fraction of sp³-hybridized carbons (Fsp3) is 0.389. The Morgan fingerprint density at radius 2 is 1.96 bits per heavy atom. The summed E-state index contributed by atoms with van der Waals surface area (Å²) in [6, 6.07) is 5.78. The van der Waals surface area contributed by atoms with E-state index < -0.39 is 5.97 Å². The monoisotopic (exact) mass is 330 g/mol. The van der Waals surface area contributed by atoms with E-state index in [1.54, 1.807) is 6.92 Å². The SMILES string of the molecule is Cc1ccc(C)c(NC(=O)COC(=O)CCc2c(C)noc2C)c1. The molecular weight excluding hydrogens is 308 g/mol. The second-order valence-corrected chi connectivity index (χ2v) is 5.83. The predicted molar refractivity (Wildman–Crippen MR) is 89.8 cm³/mol. The molecule has 0 radical (unpaired) electrons. The lowest BCUT2D eigenvalue weighted by Crippen LogP contribution is -2.21. The van der Waals surface area contributed by atoms with Gasteiger partial charge in [-0.2, -0.15) is 0 Å². The van der Waals surface area contributed by atoms with Crippen molar-refractivity contribution in [1.82, 2.24) is 5.16 Å². The molecule has 6 nitrogen and oxygen atoms in total. The molecule has 0 saturated heterocycles. The number of anilines is 1. The lowest BCUT2D eigenvalue weighted by atomic mass is 10.1. The van der Waals surface area contributed by atoms with Crippen LogP contribution in [0.25, 0.3) is 0 Å². The summed E-state index contributed by atoms with van der Waals surface area (Å²) < 4.78 is 10.1. The average Bonchev–Trinajstić information content (AvgIpc) is 2.85. The molecule has 1 amide bonds. The molecule has 0 fully saturated rings. The zero-order chi connectivity index (χ0) is 17.7.